The van der Waals surface area contributed by atoms with Gasteiger partial charge < -0.3 is 5.11 Å². The summed E-state index contributed by atoms with van der Waals surface area (Å²) in [4.78, 5) is 0. The maximum Gasteiger partial charge on any atom is 0.123 e. The molecule has 0 heterocycles. The van der Waals surface area contributed by atoms with Gasteiger partial charge in [-0.3, -0.25) is 0 Å². The Morgan fingerprint density at radius 3 is 2.83 bits per heavy atom. The first-order valence-corrected chi connectivity index (χ1v) is 4.57. The molecule has 0 spiro atoms. The van der Waals surface area contributed by atoms with E-state index in [2.05, 4.69) is 15.9 Å². The molecule has 0 amide bonds. The minimum atomic E-state index is -0.588. The smallest absolute Gasteiger partial charge is 0.123 e. The summed E-state index contributed by atoms with van der Waals surface area (Å²) in [6, 6.07) is 4.30. The molecule has 0 bridgehead atoms. The third kappa shape index (κ3) is 2.05. The van der Waals surface area contributed by atoms with Crippen molar-refractivity contribution in [1.82, 2.24) is 0 Å². The van der Waals surface area contributed by atoms with Crippen LogP contribution in [0.1, 0.15) is 25.0 Å². The summed E-state index contributed by atoms with van der Waals surface area (Å²) in [7, 11) is 0. The van der Waals surface area contributed by atoms with Gasteiger partial charge >= 0.3 is 0 Å². The molecule has 0 aliphatic rings. The van der Waals surface area contributed by atoms with Crippen LogP contribution >= 0.6 is 15.9 Å². The van der Waals surface area contributed by atoms with Crippen LogP contribution in [0.5, 0.6) is 0 Å². The Morgan fingerprint density at radius 1 is 1.58 bits per heavy atom. The number of benzene rings is 1. The zero-order chi connectivity index (χ0) is 9.14. The van der Waals surface area contributed by atoms with E-state index in [9.17, 15) is 9.50 Å². The first kappa shape index (κ1) is 9.68. The zero-order valence-corrected chi connectivity index (χ0v) is 8.31. The fourth-order valence-corrected chi connectivity index (χ4v) is 1.50. The monoisotopic (exact) mass is 232 g/mol. The summed E-state index contributed by atoms with van der Waals surface area (Å²) in [5, 5.41) is 9.44. The lowest BCUT2D eigenvalue weighted by Crippen LogP contribution is -1.96. The van der Waals surface area contributed by atoms with Crippen LogP contribution in [0, 0.1) is 5.82 Å². The van der Waals surface area contributed by atoms with E-state index in [1.165, 1.54) is 12.1 Å². The molecule has 12 heavy (non-hydrogen) atoms. The highest BCUT2D eigenvalue weighted by Gasteiger charge is 2.09. The summed E-state index contributed by atoms with van der Waals surface area (Å²) in [5.41, 5.74) is 0.609. The highest BCUT2D eigenvalue weighted by molar-refractivity contribution is 9.10. The fourth-order valence-electron chi connectivity index (χ4n) is 0.990. The van der Waals surface area contributed by atoms with Crippen molar-refractivity contribution in [2.45, 2.75) is 19.4 Å². The van der Waals surface area contributed by atoms with Crippen molar-refractivity contribution in [2.24, 2.45) is 0 Å². The van der Waals surface area contributed by atoms with Crippen molar-refractivity contribution in [2.75, 3.05) is 0 Å². The van der Waals surface area contributed by atoms with Gasteiger partial charge in [0.2, 0.25) is 0 Å². The summed E-state index contributed by atoms with van der Waals surface area (Å²) in [6.07, 6.45) is -0.00252. The maximum absolute atomic E-state index is 12.7. The van der Waals surface area contributed by atoms with Crippen LogP contribution in [0.15, 0.2) is 22.7 Å². The molecule has 0 aliphatic heterocycles. The molecule has 0 aromatic heterocycles. The number of hydrogen-bond acceptors (Lipinski definition) is 1. The van der Waals surface area contributed by atoms with Crippen LogP contribution < -0.4 is 0 Å². The minimum absolute atomic E-state index is 0.319. The summed E-state index contributed by atoms with van der Waals surface area (Å²) in [6.45, 7) is 1.85. The van der Waals surface area contributed by atoms with Crippen molar-refractivity contribution in [3.63, 3.8) is 0 Å². The van der Waals surface area contributed by atoms with E-state index in [0.717, 1.165) is 4.47 Å². The van der Waals surface area contributed by atoms with Crippen LogP contribution in [0.4, 0.5) is 4.39 Å². The summed E-state index contributed by atoms with van der Waals surface area (Å²) >= 11 is 3.25. The van der Waals surface area contributed by atoms with E-state index in [1.54, 1.807) is 6.07 Å². The van der Waals surface area contributed by atoms with Crippen molar-refractivity contribution < 1.29 is 9.50 Å². The van der Waals surface area contributed by atoms with Gasteiger partial charge in [-0.25, -0.2) is 4.39 Å². The van der Waals surface area contributed by atoms with E-state index in [1.807, 2.05) is 6.92 Å². The first-order chi connectivity index (χ1) is 5.65. The molecule has 1 N–H and O–H groups in total. The second kappa shape index (κ2) is 4.01. The van der Waals surface area contributed by atoms with Gasteiger partial charge in [-0.05, 0) is 30.2 Å². The molecule has 0 fully saturated rings. The standard InChI is InChI=1S/C9H10BrFO/c1-2-9(12)7-5-6(11)3-4-8(7)10/h3-5,9,12H,2H2,1H3. The average molecular weight is 233 g/mol. The van der Waals surface area contributed by atoms with Gasteiger partial charge in [0.15, 0.2) is 0 Å². The Labute approximate surface area is 79.4 Å². The van der Waals surface area contributed by atoms with E-state index in [-0.39, 0.29) is 5.82 Å². The Balaban J connectivity index is 3.04. The largest absolute Gasteiger partial charge is 0.388 e. The number of halogens is 2. The Kier molecular flexibility index (Phi) is 3.23. The molecule has 0 saturated heterocycles. The highest BCUT2D eigenvalue weighted by atomic mass is 79.9. The van der Waals surface area contributed by atoms with Crippen LogP contribution in [0.3, 0.4) is 0 Å². The third-order valence-electron chi connectivity index (χ3n) is 1.70. The van der Waals surface area contributed by atoms with E-state index >= 15 is 0 Å². The minimum Gasteiger partial charge on any atom is -0.388 e. The van der Waals surface area contributed by atoms with Gasteiger partial charge in [0, 0.05) is 4.47 Å². The normalized spacial score (nSPS) is 13.0. The molecule has 1 aromatic rings. The quantitative estimate of drug-likeness (QED) is 0.832. The maximum atomic E-state index is 12.7. The number of aliphatic hydroxyl groups excluding tert-OH is 1. The van der Waals surface area contributed by atoms with Gasteiger partial charge in [-0.2, -0.15) is 0 Å². The molecule has 1 aromatic carbocycles. The molecule has 0 aliphatic carbocycles. The predicted molar refractivity (Wildman–Crippen MR) is 49.4 cm³/mol. The third-order valence-corrected chi connectivity index (χ3v) is 2.43. The summed E-state index contributed by atoms with van der Waals surface area (Å²) in [5.74, 6) is -0.319. The molecule has 1 unspecified atom stereocenters. The van der Waals surface area contributed by atoms with Crippen molar-refractivity contribution in [1.29, 1.82) is 0 Å². The molecule has 1 atom stereocenters. The molecule has 0 saturated carbocycles. The first-order valence-electron chi connectivity index (χ1n) is 3.78. The lowest BCUT2D eigenvalue weighted by molar-refractivity contribution is 0.172. The lowest BCUT2D eigenvalue weighted by Gasteiger charge is -2.09. The lowest BCUT2D eigenvalue weighted by atomic mass is 10.1. The van der Waals surface area contributed by atoms with Gasteiger partial charge in [0.25, 0.3) is 0 Å². The number of rotatable bonds is 2. The Morgan fingerprint density at radius 2 is 2.25 bits per heavy atom. The van der Waals surface area contributed by atoms with Crippen molar-refractivity contribution in [3.8, 4) is 0 Å². The van der Waals surface area contributed by atoms with Crippen LogP contribution in [-0.2, 0) is 0 Å². The second-order valence-corrected chi connectivity index (χ2v) is 3.44. The van der Waals surface area contributed by atoms with E-state index in [0.29, 0.717) is 12.0 Å². The Hall–Kier alpha value is -0.410. The van der Waals surface area contributed by atoms with Crippen molar-refractivity contribution in [3.05, 3.63) is 34.1 Å². The Bertz CT molecular complexity index is 275. The van der Waals surface area contributed by atoms with Gasteiger partial charge in [0.1, 0.15) is 5.82 Å². The van der Waals surface area contributed by atoms with E-state index in [4.69, 9.17) is 0 Å². The van der Waals surface area contributed by atoms with E-state index < -0.39 is 6.10 Å². The topological polar surface area (TPSA) is 20.2 Å². The molecular weight excluding hydrogens is 223 g/mol. The van der Waals surface area contributed by atoms with Gasteiger partial charge in [-0.1, -0.05) is 22.9 Å². The van der Waals surface area contributed by atoms with Crippen LogP contribution in [0.2, 0.25) is 0 Å². The molecular formula is C9H10BrFO. The molecule has 0 radical (unpaired) electrons. The average Bonchev–Trinajstić information content (AvgIpc) is 2.08. The predicted octanol–water partition coefficient (Wildman–Crippen LogP) is 3.03. The molecule has 3 heteroatoms. The SMILES string of the molecule is CCC(O)c1cc(F)ccc1Br. The highest BCUT2D eigenvalue weighted by Crippen LogP contribution is 2.25. The van der Waals surface area contributed by atoms with Crippen LogP contribution in [0.25, 0.3) is 0 Å². The summed E-state index contributed by atoms with van der Waals surface area (Å²) < 4.78 is 13.5. The number of aliphatic hydroxyl groups is 1. The number of hydrogen-bond donors (Lipinski definition) is 1. The second-order valence-electron chi connectivity index (χ2n) is 2.59. The van der Waals surface area contributed by atoms with Crippen molar-refractivity contribution >= 4 is 15.9 Å². The van der Waals surface area contributed by atoms with Gasteiger partial charge in [-0.15, -0.1) is 0 Å². The van der Waals surface area contributed by atoms with Crippen LogP contribution in [-0.4, -0.2) is 5.11 Å². The van der Waals surface area contributed by atoms with Gasteiger partial charge in [0.05, 0.1) is 6.10 Å². The fraction of sp³-hybridized carbons (Fsp3) is 0.333. The zero-order valence-electron chi connectivity index (χ0n) is 6.72. The molecule has 1 nitrogen and oxygen atoms in total. The molecule has 66 valence electrons. The molecule has 1 rings (SSSR count).